The van der Waals surface area contributed by atoms with Gasteiger partial charge in [-0.15, -0.1) is 0 Å². The van der Waals surface area contributed by atoms with Gasteiger partial charge in [0, 0.05) is 13.1 Å². The van der Waals surface area contributed by atoms with E-state index < -0.39 is 0 Å². The highest BCUT2D eigenvalue weighted by Crippen LogP contribution is 2.31. The van der Waals surface area contributed by atoms with Gasteiger partial charge in [0.1, 0.15) is 12.0 Å². The molecule has 0 radical (unpaired) electrons. The van der Waals surface area contributed by atoms with E-state index in [1.54, 1.807) is 0 Å². The molecule has 0 bridgehead atoms. The molecule has 15 heavy (non-hydrogen) atoms. The van der Waals surface area contributed by atoms with Gasteiger partial charge in [-0.25, -0.2) is 0 Å². The zero-order valence-corrected chi connectivity index (χ0v) is 9.36. The van der Waals surface area contributed by atoms with Crippen LogP contribution in [0.1, 0.15) is 32.4 Å². The Hall–Kier alpha value is -1.03. The predicted molar refractivity (Wildman–Crippen MR) is 57.7 cm³/mol. The number of piperidine rings is 1. The first-order valence-electron chi connectivity index (χ1n) is 5.41. The summed E-state index contributed by atoms with van der Waals surface area (Å²) in [5.74, 6) is 0. The monoisotopic (exact) mass is 210 g/mol. The highest BCUT2D eigenvalue weighted by atomic mass is 16.4. The molecule has 0 unspecified atom stereocenters. The van der Waals surface area contributed by atoms with Gasteiger partial charge < -0.3 is 14.4 Å². The van der Waals surface area contributed by atoms with Crippen molar-refractivity contribution in [2.24, 2.45) is 5.41 Å². The van der Waals surface area contributed by atoms with E-state index in [0.29, 0.717) is 17.1 Å². The first-order valence-corrected chi connectivity index (χ1v) is 5.41. The molecule has 0 amide bonds. The molecule has 0 spiro atoms. The predicted octanol–water partition coefficient (Wildman–Crippen LogP) is 1.79. The number of aliphatic hydroxyl groups is 1. The maximum atomic E-state index is 8.91. The van der Waals surface area contributed by atoms with Crippen molar-refractivity contribution in [3.63, 3.8) is 0 Å². The maximum absolute atomic E-state index is 8.91. The summed E-state index contributed by atoms with van der Waals surface area (Å²) in [5.41, 5.74) is 0.930. The van der Waals surface area contributed by atoms with Crippen LogP contribution in [0.25, 0.3) is 0 Å². The molecule has 2 rings (SSSR count). The second-order valence-corrected chi connectivity index (χ2v) is 4.97. The van der Waals surface area contributed by atoms with Crippen molar-refractivity contribution >= 4 is 6.01 Å². The van der Waals surface area contributed by atoms with Crippen molar-refractivity contribution in [2.75, 3.05) is 18.0 Å². The highest BCUT2D eigenvalue weighted by Gasteiger charge is 2.28. The summed E-state index contributed by atoms with van der Waals surface area (Å²) < 4.78 is 5.34. The number of oxazole rings is 1. The fourth-order valence-corrected chi connectivity index (χ4v) is 2.10. The molecular formula is C11H18N2O2. The molecule has 1 N–H and O–H groups in total. The zero-order chi connectivity index (χ0) is 10.9. The fraction of sp³-hybridized carbons (Fsp3) is 0.727. The third kappa shape index (κ3) is 2.31. The minimum atomic E-state index is -0.0548. The number of hydrogen-bond donors (Lipinski definition) is 1. The number of nitrogens with zero attached hydrogens (tertiary/aromatic N) is 2. The van der Waals surface area contributed by atoms with Crippen molar-refractivity contribution in [3.8, 4) is 0 Å². The molecular weight excluding hydrogens is 192 g/mol. The summed E-state index contributed by atoms with van der Waals surface area (Å²) in [4.78, 5) is 6.38. The van der Waals surface area contributed by atoms with Crippen LogP contribution in [0, 0.1) is 5.41 Å². The smallest absolute Gasteiger partial charge is 0.297 e. The number of anilines is 1. The lowest BCUT2D eigenvalue weighted by atomic mass is 9.84. The third-order valence-corrected chi connectivity index (χ3v) is 2.87. The summed E-state index contributed by atoms with van der Waals surface area (Å²) in [6, 6.07) is 0.645. The summed E-state index contributed by atoms with van der Waals surface area (Å²) in [6.45, 7) is 6.43. The van der Waals surface area contributed by atoms with Crippen molar-refractivity contribution in [1.82, 2.24) is 4.98 Å². The SMILES string of the molecule is CC1(C)CCCN(c2nc(CO)co2)C1. The van der Waals surface area contributed by atoms with Crippen LogP contribution < -0.4 is 4.90 Å². The molecule has 1 aromatic heterocycles. The Morgan fingerprint density at radius 2 is 2.40 bits per heavy atom. The van der Waals surface area contributed by atoms with Crippen LogP contribution in [0.5, 0.6) is 0 Å². The van der Waals surface area contributed by atoms with Crippen LogP contribution >= 0.6 is 0 Å². The van der Waals surface area contributed by atoms with Crippen LogP contribution in [-0.4, -0.2) is 23.2 Å². The molecule has 1 aliphatic heterocycles. The lowest BCUT2D eigenvalue weighted by molar-refractivity contribution is 0.276. The lowest BCUT2D eigenvalue weighted by Crippen LogP contribution is -2.40. The quantitative estimate of drug-likeness (QED) is 0.808. The number of aromatic nitrogens is 1. The molecule has 1 aliphatic rings. The second kappa shape index (κ2) is 3.85. The van der Waals surface area contributed by atoms with E-state index >= 15 is 0 Å². The molecule has 0 saturated carbocycles. The van der Waals surface area contributed by atoms with Crippen LogP contribution in [0.3, 0.4) is 0 Å². The van der Waals surface area contributed by atoms with Crippen LogP contribution in [0.4, 0.5) is 6.01 Å². The van der Waals surface area contributed by atoms with Gasteiger partial charge in [0.25, 0.3) is 6.01 Å². The van der Waals surface area contributed by atoms with Crippen molar-refractivity contribution in [2.45, 2.75) is 33.3 Å². The summed E-state index contributed by atoms with van der Waals surface area (Å²) in [6.07, 6.45) is 3.94. The normalized spacial score (nSPS) is 20.6. The van der Waals surface area contributed by atoms with E-state index in [-0.39, 0.29) is 6.61 Å². The molecule has 1 saturated heterocycles. The van der Waals surface area contributed by atoms with Gasteiger partial charge in [-0.3, -0.25) is 0 Å². The molecule has 0 atom stereocenters. The van der Waals surface area contributed by atoms with Gasteiger partial charge in [0.05, 0.1) is 6.61 Å². The Kier molecular flexibility index (Phi) is 2.69. The maximum Gasteiger partial charge on any atom is 0.297 e. The standard InChI is InChI=1S/C11H18N2O2/c1-11(2)4-3-5-13(8-11)10-12-9(6-14)7-15-10/h7,14H,3-6,8H2,1-2H3. The third-order valence-electron chi connectivity index (χ3n) is 2.87. The van der Waals surface area contributed by atoms with Crippen LogP contribution in [0.15, 0.2) is 10.7 Å². The average molecular weight is 210 g/mol. The zero-order valence-electron chi connectivity index (χ0n) is 9.36. The van der Waals surface area contributed by atoms with E-state index in [9.17, 15) is 0 Å². The Balaban J connectivity index is 2.10. The molecule has 2 heterocycles. The number of rotatable bonds is 2. The molecule has 0 aromatic carbocycles. The van der Waals surface area contributed by atoms with E-state index in [1.165, 1.54) is 19.1 Å². The molecule has 1 fully saturated rings. The van der Waals surface area contributed by atoms with Crippen molar-refractivity contribution in [1.29, 1.82) is 0 Å². The van der Waals surface area contributed by atoms with Gasteiger partial charge in [-0.1, -0.05) is 13.8 Å². The molecule has 4 nitrogen and oxygen atoms in total. The van der Waals surface area contributed by atoms with Crippen LogP contribution in [0.2, 0.25) is 0 Å². The first kappa shape index (κ1) is 10.5. The Bertz CT molecular complexity index is 333. The molecule has 84 valence electrons. The van der Waals surface area contributed by atoms with E-state index in [4.69, 9.17) is 9.52 Å². The Morgan fingerprint density at radius 1 is 1.60 bits per heavy atom. The minimum Gasteiger partial charge on any atom is -0.432 e. The largest absolute Gasteiger partial charge is 0.432 e. The van der Waals surface area contributed by atoms with Crippen molar-refractivity contribution in [3.05, 3.63) is 12.0 Å². The molecule has 4 heteroatoms. The summed E-state index contributed by atoms with van der Waals surface area (Å²) in [7, 11) is 0. The second-order valence-electron chi connectivity index (χ2n) is 4.97. The summed E-state index contributed by atoms with van der Waals surface area (Å²) in [5, 5.41) is 8.91. The van der Waals surface area contributed by atoms with E-state index in [2.05, 4.69) is 23.7 Å². The van der Waals surface area contributed by atoms with Gasteiger partial charge in [0.15, 0.2) is 0 Å². The van der Waals surface area contributed by atoms with E-state index in [1.807, 2.05) is 0 Å². The summed E-state index contributed by atoms with van der Waals surface area (Å²) >= 11 is 0. The first-order chi connectivity index (χ1) is 7.11. The van der Waals surface area contributed by atoms with Crippen molar-refractivity contribution < 1.29 is 9.52 Å². The van der Waals surface area contributed by atoms with Gasteiger partial charge >= 0.3 is 0 Å². The lowest BCUT2D eigenvalue weighted by Gasteiger charge is -2.37. The average Bonchev–Trinajstić information content (AvgIpc) is 2.64. The highest BCUT2D eigenvalue weighted by molar-refractivity contribution is 5.28. The van der Waals surface area contributed by atoms with Gasteiger partial charge in [0.2, 0.25) is 0 Å². The minimum absolute atomic E-state index is 0.0548. The van der Waals surface area contributed by atoms with Gasteiger partial charge in [-0.05, 0) is 18.3 Å². The topological polar surface area (TPSA) is 49.5 Å². The van der Waals surface area contributed by atoms with Gasteiger partial charge in [-0.2, -0.15) is 4.98 Å². The Labute approximate surface area is 89.9 Å². The number of aliphatic hydroxyl groups excluding tert-OH is 1. The van der Waals surface area contributed by atoms with E-state index in [0.717, 1.165) is 13.1 Å². The Morgan fingerprint density at radius 3 is 3.00 bits per heavy atom. The fourth-order valence-electron chi connectivity index (χ4n) is 2.10. The molecule has 1 aromatic rings. The molecule has 0 aliphatic carbocycles. The number of hydrogen-bond acceptors (Lipinski definition) is 4. The van der Waals surface area contributed by atoms with Crippen LogP contribution in [-0.2, 0) is 6.61 Å².